The van der Waals surface area contributed by atoms with Gasteiger partial charge in [-0.2, -0.15) is 0 Å². The molecule has 5 heteroatoms. The zero-order valence-electron chi connectivity index (χ0n) is 15.5. The summed E-state index contributed by atoms with van der Waals surface area (Å²) in [7, 11) is 2.15. The van der Waals surface area contributed by atoms with Crippen molar-refractivity contribution in [1.82, 2.24) is 15.1 Å². The molecular weight excluding hydrogens is 302 g/mol. The first kappa shape index (κ1) is 18.7. The molecule has 1 aliphatic heterocycles. The van der Waals surface area contributed by atoms with Gasteiger partial charge in [-0.25, -0.2) is 0 Å². The van der Waals surface area contributed by atoms with Crippen LogP contribution in [0.15, 0.2) is 18.2 Å². The number of benzene rings is 1. The van der Waals surface area contributed by atoms with E-state index in [1.54, 1.807) is 0 Å². The monoisotopic (exact) mass is 333 g/mol. The van der Waals surface area contributed by atoms with Crippen LogP contribution in [-0.4, -0.2) is 68.1 Å². The molecule has 2 rings (SSSR count). The lowest BCUT2D eigenvalue weighted by atomic mass is 10.1. The Bertz CT molecular complexity index is 539. The van der Waals surface area contributed by atoms with Crippen molar-refractivity contribution in [3.63, 3.8) is 0 Å². The first-order valence-electron chi connectivity index (χ1n) is 8.85. The highest BCUT2D eigenvalue weighted by Crippen LogP contribution is 2.16. The van der Waals surface area contributed by atoms with Crippen molar-refractivity contribution in [2.24, 2.45) is 0 Å². The smallest absolute Gasteiger partial charge is 0.223 e. The quantitative estimate of drug-likeness (QED) is 0.827. The molecule has 5 nitrogen and oxygen atoms in total. The van der Waals surface area contributed by atoms with Gasteiger partial charge in [-0.3, -0.25) is 9.69 Å². The fourth-order valence-corrected chi connectivity index (χ4v) is 2.81. The van der Waals surface area contributed by atoms with Crippen LogP contribution in [0.1, 0.15) is 24.5 Å². The van der Waals surface area contributed by atoms with Crippen LogP contribution in [0.3, 0.4) is 0 Å². The third kappa shape index (κ3) is 5.80. The number of nitrogens with zero attached hydrogens (tertiary/aromatic N) is 2. The number of ether oxygens (including phenoxy) is 1. The van der Waals surface area contributed by atoms with Gasteiger partial charge in [0, 0.05) is 38.8 Å². The minimum Gasteiger partial charge on any atom is -0.493 e. The molecule has 0 saturated carbocycles. The average molecular weight is 333 g/mol. The Hall–Kier alpha value is -1.59. The Morgan fingerprint density at radius 1 is 1.21 bits per heavy atom. The topological polar surface area (TPSA) is 44.8 Å². The Balaban J connectivity index is 1.63. The standard InChI is InChI=1S/C19H31N3O2/c1-15-5-6-18(13-16(15)2)24-12-7-19(23)20-14-17(3)22-10-8-21(4)9-11-22/h5-6,13,17H,7-12,14H2,1-4H3,(H,20,23). The van der Waals surface area contributed by atoms with Gasteiger partial charge in [-0.15, -0.1) is 0 Å². The van der Waals surface area contributed by atoms with Crippen LogP contribution >= 0.6 is 0 Å². The van der Waals surface area contributed by atoms with E-state index < -0.39 is 0 Å². The number of hydrogen-bond donors (Lipinski definition) is 1. The number of aryl methyl sites for hydroxylation is 2. The van der Waals surface area contributed by atoms with Crippen molar-refractivity contribution >= 4 is 5.91 Å². The molecule has 1 unspecified atom stereocenters. The number of rotatable bonds is 7. The maximum atomic E-state index is 12.0. The van der Waals surface area contributed by atoms with Crippen LogP contribution in [0.25, 0.3) is 0 Å². The first-order valence-corrected chi connectivity index (χ1v) is 8.85. The molecule has 1 N–H and O–H groups in total. The van der Waals surface area contributed by atoms with Gasteiger partial charge < -0.3 is 15.0 Å². The van der Waals surface area contributed by atoms with Gasteiger partial charge in [-0.1, -0.05) is 6.07 Å². The summed E-state index contributed by atoms with van der Waals surface area (Å²) in [6.45, 7) is 11.8. The fourth-order valence-electron chi connectivity index (χ4n) is 2.81. The number of hydrogen-bond acceptors (Lipinski definition) is 4. The van der Waals surface area contributed by atoms with Crippen molar-refractivity contribution < 1.29 is 9.53 Å². The van der Waals surface area contributed by atoms with Crippen LogP contribution in [0.4, 0.5) is 0 Å². The third-order valence-electron chi connectivity index (χ3n) is 4.83. The molecule has 24 heavy (non-hydrogen) atoms. The highest BCUT2D eigenvalue weighted by atomic mass is 16.5. The van der Waals surface area contributed by atoms with E-state index in [-0.39, 0.29) is 5.91 Å². The van der Waals surface area contributed by atoms with Gasteiger partial charge in [0.15, 0.2) is 0 Å². The molecule has 134 valence electrons. The second kappa shape index (κ2) is 9.04. The maximum Gasteiger partial charge on any atom is 0.223 e. The Kier molecular flexibility index (Phi) is 7.06. The van der Waals surface area contributed by atoms with Crippen LogP contribution in [0.2, 0.25) is 0 Å². The minimum atomic E-state index is 0.0554. The van der Waals surface area contributed by atoms with Crippen molar-refractivity contribution in [3.05, 3.63) is 29.3 Å². The summed E-state index contributed by atoms with van der Waals surface area (Å²) in [5.74, 6) is 0.886. The molecule has 0 aliphatic carbocycles. The van der Waals surface area contributed by atoms with Crippen LogP contribution in [-0.2, 0) is 4.79 Å². The molecule has 1 aromatic rings. The summed E-state index contributed by atoms with van der Waals surface area (Å²) in [5.41, 5.74) is 2.45. The number of carbonyl (C=O) groups excluding carboxylic acids is 1. The third-order valence-corrected chi connectivity index (χ3v) is 4.83. The molecule has 1 saturated heterocycles. The zero-order valence-corrected chi connectivity index (χ0v) is 15.5. The number of likely N-dealkylation sites (N-methyl/N-ethyl adjacent to an activating group) is 1. The number of carbonyl (C=O) groups is 1. The van der Waals surface area contributed by atoms with Gasteiger partial charge in [0.05, 0.1) is 13.0 Å². The Morgan fingerprint density at radius 2 is 1.92 bits per heavy atom. The Morgan fingerprint density at radius 3 is 2.58 bits per heavy atom. The van der Waals surface area contributed by atoms with E-state index in [1.807, 2.05) is 18.2 Å². The molecule has 0 aromatic heterocycles. The molecule has 0 radical (unpaired) electrons. The van der Waals surface area contributed by atoms with Gasteiger partial charge >= 0.3 is 0 Å². The number of piperazine rings is 1. The van der Waals surface area contributed by atoms with Gasteiger partial charge in [-0.05, 0) is 51.1 Å². The highest BCUT2D eigenvalue weighted by molar-refractivity contribution is 5.76. The summed E-state index contributed by atoms with van der Waals surface area (Å²) in [5, 5.41) is 3.02. The predicted molar refractivity (Wildman–Crippen MR) is 97.6 cm³/mol. The second-order valence-corrected chi connectivity index (χ2v) is 6.84. The molecule has 1 amide bonds. The predicted octanol–water partition coefficient (Wildman–Crippen LogP) is 1.82. The average Bonchev–Trinajstić information content (AvgIpc) is 2.56. The van der Waals surface area contributed by atoms with E-state index in [1.165, 1.54) is 11.1 Å². The van der Waals surface area contributed by atoms with E-state index in [0.29, 0.717) is 25.6 Å². The molecule has 0 spiro atoms. The normalized spacial score (nSPS) is 17.5. The summed E-state index contributed by atoms with van der Waals surface area (Å²) in [6, 6.07) is 6.39. The number of amides is 1. The maximum absolute atomic E-state index is 12.0. The summed E-state index contributed by atoms with van der Waals surface area (Å²) >= 11 is 0. The van der Waals surface area contributed by atoms with Gasteiger partial charge in [0.25, 0.3) is 0 Å². The summed E-state index contributed by atoms with van der Waals surface area (Å²) in [4.78, 5) is 16.8. The van der Waals surface area contributed by atoms with E-state index in [9.17, 15) is 4.79 Å². The van der Waals surface area contributed by atoms with E-state index in [4.69, 9.17) is 4.74 Å². The Labute approximate surface area is 146 Å². The summed E-state index contributed by atoms with van der Waals surface area (Å²) in [6.07, 6.45) is 0.391. The molecule has 1 heterocycles. The highest BCUT2D eigenvalue weighted by Gasteiger charge is 2.19. The molecule has 1 atom stereocenters. The van der Waals surface area contributed by atoms with Crippen LogP contribution < -0.4 is 10.1 Å². The first-order chi connectivity index (χ1) is 11.5. The van der Waals surface area contributed by atoms with E-state index in [2.05, 4.69) is 42.9 Å². The molecule has 1 aromatic carbocycles. The lowest BCUT2D eigenvalue weighted by Crippen LogP contribution is -2.51. The van der Waals surface area contributed by atoms with E-state index in [0.717, 1.165) is 31.9 Å². The largest absolute Gasteiger partial charge is 0.493 e. The molecule has 1 fully saturated rings. The van der Waals surface area contributed by atoms with Crippen LogP contribution in [0.5, 0.6) is 5.75 Å². The lowest BCUT2D eigenvalue weighted by molar-refractivity contribution is -0.121. The van der Waals surface area contributed by atoms with Crippen LogP contribution in [0, 0.1) is 13.8 Å². The van der Waals surface area contributed by atoms with E-state index >= 15 is 0 Å². The van der Waals surface area contributed by atoms with Gasteiger partial charge in [0.2, 0.25) is 5.91 Å². The van der Waals surface area contributed by atoms with Crippen molar-refractivity contribution in [2.75, 3.05) is 46.4 Å². The number of nitrogens with one attached hydrogen (secondary N) is 1. The van der Waals surface area contributed by atoms with Crippen molar-refractivity contribution in [1.29, 1.82) is 0 Å². The minimum absolute atomic E-state index is 0.0554. The molecule has 0 bridgehead atoms. The molecule has 1 aliphatic rings. The summed E-state index contributed by atoms with van der Waals surface area (Å²) < 4.78 is 5.67. The molecular formula is C19H31N3O2. The lowest BCUT2D eigenvalue weighted by Gasteiger charge is -2.36. The fraction of sp³-hybridized carbons (Fsp3) is 0.632. The second-order valence-electron chi connectivity index (χ2n) is 6.84. The van der Waals surface area contributed by atoms with Gasteiger partial charge in [0.1, 0.15) is 5.75 Å². The van der Waals surface area contributed by atoms with Crippen molar-refractivity contribution in [3.8, 4) is 5.75 Å². The van der Waals surface area contributed by atoms with Crippen molar-refractivity contribution in [2.45, 2.75) is 33.2 Å². The zero-order chi connectivity index (χ0) is 17.5. The SMILES string of the molecule is Cc1ccc(OCCC(=O)NCC(C)N2CCN(C)CC2)cc1C.